The molecule has 0 saturated heterocycles. The van der Waals surface area contributed by atoms with Crippen molar-refractivity contribution < 1.29 is 10.2 Å². The molecule has 0 spiro atoms. The molecule has 0 amide bonds. The Hall–Kier alpha value is -1.12. The quantitative estimate of drug-likeness (QED) is 0.582. The van der Waals surface area contributed by atoms with Crippen LogP contribution in [-0.2, 0) is 0 Å². The van der Waals surface area contributed by atoms with Crippen molar-refractivity contribution in [2.45, 2.75) is 79.4 Å². The first-order chi connectivity index (χ1) is 10.2. The second kappa shape index (κ2) is 11.4. The predicted molar refractivity (Wildman–Crippen MR) is 96.9 cm³/mol. The summed E-state index contributed by atoms with van der Waals surface area (Å²) in [7, 11) is 0. The van der Waals surface area contributed by atoms with Crippen LogP contribution in [0.25, 0.3) is 0 Å². The first-order valence-electron chi connectivity index (χ1n) is 8.19. The highest BCUT2D eigenvalue weighted by atomic mass is 16.3. The highest BCUT2D eigenvalue weighted by Crippen LogP contribution is 2.12. The molecule has 0 fully saturated rings. The van der Waals surface area contributed by atoms with E-state index in [0.717, 1.165) is 36.8 Å². The van der Waals surface area contributed by atoms with Crippen molar-refractivity contribution in [1.82, 2.24) is 0 Å². The van der Waals surface area contributed by atoms with Crippen LogP contribution in [-0.4, -0.2) is 22.4 Å². The maximum absolute atomic E-state index is 10.1. The van der Waals surface area contributed by atoms with E-state index in [4.69, 9.17) is 0 Å². The Bertz CT molecular complexity index is 389. The molecule has 22 heavy (non-hydrogen) atoms. The fourth-order valence-electron chi connectivity index (χ4n) is 2.12. The minimum absolute atomic E-state index is 0.829. The predicted octanol–water partition coefficient (Wildman–Crippen LogP) is 5.09. The third-order valence-corrected chi connectivity index (χ3v) is 3.44. The van der Waals surface area contributed by atoms with Gasteiger partial charge in [0.2, 0.25) is 0 Å². The highest BCUT2D eigenvalue weighted by Gasteiger charge is 2.11. The third kappa shape index (κ3) is 11.5. The van der Waals surface area contributed by atoms with E-state index in [1.807, 2.05) is 13.8 Å². The van der Waals surface area contributed by atoms with Crippen molar-refractivity contribution >= 4 is 0 Å². The Balaban J connectivity index is 4.42. The number of hydrogen-bond acceptors (Lipinski definition) is 2. The number of allylic oxidation sites excluding steroid dienone is 6. The van der Waals surface area contributed by atoms with Gasteiger partial charge < -0.3 is 10.2 Å². The summed E-state index contributed by atoms with van der Waals surface area (Å²) < 4.78 is 0. The van der Waals surface area contributed by atoms with E-state index in [1.165, 1.54) is 11.1 Å². The fraction of sp³-hybridized carbons (Fsp3) is 0.600. The van der Waals surface area contributed by atoms with Crippen molar-refractivity contribution in [3.05, 3.63) is 46.6 Å². The van der Waals surface area contributed by atoms with Gasteiger partial charge >= 0.3 is 0 Å². The maximum Gasteiger partial charge on any atom is 0.102 e. The van der Waals surface area contributed by atoms with Crippen LogP contribution < -0.4 is 0 Å². The average Bonchev–Trinajstić information content (AvgIpc) is 2.37. The van der Waals surface area contributed by atoms with Crippen molar-refractivity contribution in [1.29, 1.82) is 0 Å². The molecule has 0 aliphatic rings. The molecule has 2 N–H and O–H groups in total. The number of rotatable bonds is 9. The van der Waals surface area contributed by atoms with Gasteiger partial charge in [0, 0.05) is 0 Å². The molecular weight excluding hydrogens is 272 g/mol. The average molecular weight is 306 g/mol. The van der Waals surface area contributed by atoms with Crippen LogP contribution in [0.2, 0.25) is 0 Å². The molecule has 0 aromatic rings. The summed E-state index contributed by atoms with van der Waals surface area (Å²) in [5, 5.41) is 20.1. The third-order valence-electron chi connectivity index (χ3n) is 3.44. The lowest BCUT2D eigenvalue weighted by Crippen LogP contribution is -2.22. The summed E-state index contributed by atoms with van der Waals surface area (Å²) in [4.78, 5) is 0. The lowest BCUT2D eigenvalue weighted by atomic mass is 10.0. The second-order valence-electron chi connectivity index (χ2n) is 6.65. The highest BCUT2D eigenvalue weighted by molar-refractivity contribution is 5.12. The van der Waals surface area contributed by atoms with E-state index in [-0.39, 0.29) is 0 Å². The zero-order chi connectivity index (χ0) is 17.1. The fourth-order valence-corrected chi connectivity index (χ4v) is 2.12. The maximum atomic E-state index is 10.1. The monoisotopic (exact) mass is 306 g/mol. The summed E-state index contributed by atoms with van der Waals surface area (Å²) in [6.45, 7) is 12.3. The summed E-state index contributed by atoms with van der Waals surface area (Å²) in [6, 6.07) is 0. The molecule has 0 rings (SSSR count). The number of hydrogen-bond donors (Lipinski definition) is 2. The summed E-state index contributed by atoms with van der Waals surface area (Å²) in [6.07, 6.45) is 10.0. The van der Waals surface area contributed by atoms with E-state index in [2.05, 4.69) is 39.8 Å². The SMILES string of the molecule is CC(C)=CCC/C(C)=C\C(O)C(O)/C=C(\C)CCC=C(C)C. The topological polar surface area (TPSA) is 40.5 Å². The molecule has 0 aliphatic heterocycles. The van der Waals surface area contributed by atoms with Crippen molar-refractivity contribution in [3.8, 4) is 0 Å². The normalized spacial score (nSPS) is 15.3. The Kier molecular flexibility index (Phi) is 10.9. The molecule has 0 aromatic carbocycles. The van der Waals surface area contributed by atoms with Gasteiger partial charge in [0.05, 0.1) is 0 Å². The molecule has 126 valence electrons. The first-order valence-corrected chi connectivity index (χ1v) is 8.19. The summed E-state index contributed by atoms with van der Waals surface area (Å²) in [5.74, 6) is 0. The molecule has 2 atom stereocenters. The van der Waals surface area contributed by atoms with Gasteiger partial charge in [-0.2, -0.15) is 0 Å². The Morgan fingerprint density at radius 3 is 1.27 bits per heavy atom. The smallest absolute Gasteiger partial charge is 0.102 e. The Labute approximate surface area is 137 Å². The van der Waals surface area contributed by atoms with E-state index in [9.17, 15) is 10.2 Å². The zero-order valence-electron chi connectivity index (χ0n) is 15.2. The molecule has 2 unspecified atom stereocenters. The molecule has 0 radical (unpaired) electrons. The molecule has 2 nitrogen and oxygen atoms in total. The van der Waals surface area contributed by atoms with Crippen LogP contribution in [0.3, 0.4) is 0 Å². The van der Waals surface area contributed by atoms with Crippen molar-refractivity contribution in [2.75, 3.05) is 0 Å². The second-order valence-corrected chi connectivity index (χ2v) is 6.65. The van der Waals surface area contributed by atoms with Gasteiger partial charge in [0.1, 0.15) is 12.2 Å². The Morgan fingerprint density at radius 2 is 1.00 bits per heavy atom. The zero-order valence-corrected chi connectivity index (χ0v) is 15.2. The van der Waals surface area contributed by atoms with Crippen LogP contribution in [0.5, 0.6) is 0 Å². The van der Waals surface area contributed by atoms with E-state index in [0.29, 0.717) is 0 Å². The standard InChI is InChI=1S/C20H34O2/c1-15(2)9-7-11-17(5)13-19(21)20(22)14-18(6)12-8-10-16(3)4/h9-10,13-14,19-22H,7-8,11-12H2,1-6H3/b17-13-,18-14+. The van der Waals surface area contributed by atoms with Crippen LogP contribution in [0.1, 0.15) is 67.2 Å². The van der Waals surface area contributed by atoms with E-state index in [1.54, 1.807) is 12.2 Å². The van der Waals surface area contributed by atoms with Gasteiger partial charge in [-0.3, -0.25) is 0 Å². The van der Waals surface area contributed by atoms with Crippen LogP contribution >= 0.6 is 0 Å². The summed E-state index contributed by atoms with van der Waals surface area (Å²) >= 11 is 0. The molecule has 0 saturated carbocycles. The largest absolute Gasteiger partial charge is 0.386 e. The minimum Gasteiger partial charge on any atom is -0.386 e. The van der Waals surface area contributed by atoms with E-state index < -0.39 is 12.2 Å². The first kappa shape index (κ1) is 20.9. The lowest BCUT2D eigenvalue weighted by molar-refractivity contribution is 0.0796. The lowest BCUT2D eigenvalue weighted by Gasteiger charge is -2.13. The van der Waals surface area contributed by atoms with Gasteiger partial charge in [-0.15, -0.1) is 0 Å². The molecule has 0 bridgehead atoms. The van der Waals surface area contributed by atoms with E-state index >= 15 is 0 Å². The van der Waals surface area contributed by atoms with Gasteiger partial charge in [-0.05, 0) is 67.2 Å². The van der Waals surface area contributed by atoms with Crippen molar-refractivity contribution in [2.24, 2.45) is 0 Å². The van der Waals surface area contributed by atoms with Gasteiger partial charge in [-0.1, -0.05) is 46.6 Å². The van der Waals surface area contributed by atoms with Gasteiger partial charge in [0.25, 0.3) is 0 Å². The Morgan fingerprint density at radius 1 is 0.682 bits per heavy atom. The van der Waals surface area contributed by atoms with Crippen molar-refractivity contribution in [3.63, 3.8) is 0 Å². The minimum atomic E-state index is -0.829. The van der Waals surface area contributed by atoms with Crippen LogP contribution in [0.15, 0.2) is 46.6 Å². The van der Waals surface area contributed by atoms with Crippen LogP contribution in [0, 0.1) is 0 Å². The van der Waals surface area contributed by atoms with Crippen LogP contribution in [0.4, 0.5) is 0 Å². The van der Waals surface area contributed by atoms with Gasteiger partial charge in [-0.25, -0.2) is 0 Å². The molecule has 0 aromatic heterocycles. The molecule has 0 heterocycles. The number of aliphatic hydroxyl groups excluding tert-OH is 2. The molecular formula is C20H34O2. The molecule has 2 heteroatoms. The van der Waals surface area contributed by atoms with Gasteiger partial charge in [0.15, 0.2) is 0 Å². The number of aliphatic hydroxyl groups is 2. The summed E-state index contributed by atoms with van der Waals surface area (Å²) in [5.41, 5.74) is 4.84. The molecule has 0 aliphatic carbocycles.